The SMILES string of the molecule is CCc1ccc(-c2nc(N)nc(N(C)C)n2)cc1. The molecular weight excluding hydrogens is 226 g/mol. The standard InChI is InChI=1S/C13H17N5/c1-4-9-5-7-10(8-6-9)11-15-12(14)17-13(16-11)18(2)3/h5-8H,4H2,1-3H3,(H2,14,15,16,17). The van der Waals surface area contributed by atoms with Crippen LogP contribution in [0.15, 0.2) is 24.3 Å². The predicted molar refractivity (Wildman–Crippen MR) is 73.4 cm³/mol. The molecule has 18 heavy (non-hydrogen) atoms. The third-order valence-electron chi connectivity index (χ3n) is 2.66. The second-order valence-electron chi connectivity index (χ2n) is 4.26. The molecule has 0 spiro atoms. The first-order valence-corrected chi connectivity index (χ1v) is 5.88. The van der Waals surface area contributed by atoms with E-state index in [4.69, 9.17) is 5.73 Å². The van der Waals surface area contributed by atoms with E-state index in [1.165, 1.54) is 5.56 Å². The molecule has 5 heteroatoms. The van der Waals surface area contributed by atoms with Gasteiger partial charge in [0, 0.05) is 19.7 Å². The van der Waals surface area contributed by atoms with E-state index in [1.54, 1.807) is 0 Å². The number of aromatic nitrogens is 3. The summed E-state index contributed by atoms with van der Waals surface area (Å²) in [7, 11) is 3.75. The van der Waals surface area contributed by atoms with Gasteiger partial charge in [-0.3, -0.25) is 0 Å². The molecule has 0 saturated carbocycles. The van der Waals surface area contributed by atoms with Crippen molar-refractivity contribution in [1.82, 2.24) is 15.0 Å². The molecule has 0 aliphatic rings. The fourth-order valence-corrected chi connectivity index (χ4v) is 1.60. The van der Waals surface area contributed by atoms with Crippen molar-refractivity contribution >= 4 is 11.9 Å². The van der Waals surface area contributed by atoms with Gasteiger partial charge in [0.2, 0.25) is 11.9 Å². The van der Waals surface area contributed by atoms with Crippen LogP contribution in [0, 0.1) is 0 Å². The van der Waals surface area contributed by atoms with Crippen LogP contribution < -0.4 is 10.6 Å². The Bertz CT molecular complexity index is 534. The monoisotopic (exact) mass is 243 g/mol. The molecule has 5 nitrogen and oxygen atoms in total. The Balaban J connectivity index is 2.42. The van der Waals surface area contributed by atoms with E-state index in [0.717, 1.165) is 12.0 Å². The van der Waals surface area contributed by atoms with Crippen LogP contribution in [-0.4, -0.2) is 29.0 Å². The third kappa shape index (κ3) is 2.56. The van der Waals surface area contributed by atoms with E-state index in [1.807, 2.05) is 31.1 Å². The van der Waals surface area contributed by atoms with Crippen molar-refractivity contribution in [2.24, 2.45) is 0 Å². The van der Waals surface area contributed by atoms with E-state index >= 15 is 0 Å². The Morgan fingerprint density at radius 2 is 1.72 bits per heavy atom. The second kappa shape index (κ2) is 5.00. The Labute approximate surface area is 107 Å². The number of rotatable bonds is 3. The first-order chi connectivity index (χ1) is 8.60. The highest BCUT2D eigenvalue weighted by atomic mass is 15.3. The Kier molecular flexibility index (Phi) is 3.41. The van der Waals surface area contributed by atoms with Gasteiger partial charge in [0.1, 0.15) is 0 Å². The molecule has 1 aromatic heterocycles. The first kappa shape index (κ1) is 12.3. The van der Waals surface area contributed by atoms with Crippen molar-refractivity contribution in [3.8, 4) is 11.4 Å². The topological polar surface area (TPSA) is 67.9 Å². The molecule has 94 valence electrons. The van der Waals surface area contributed by atoms with E-state index in [9.17, 15) is 0 Å². The maximum atomic E-state index is 5.70. The number of aryl methyl sites for hydroxylation is 1. The van der Waals surface area contributed by atoms with Gasteiger partial charge in [-0.05, 0) is 12.0 Å². The summed E-state index contributed by atoms with van der Waals surface area (Å²) >= 11 is 0. The molecule has 0 radical (unpaired) electrons. The van der Waals surface area contributed by atoms with Gasteiger partial charge in [-0.2, -0.15) is 15.0 Å². The van der Waals surface area contributed by atoms with Gasteiger partial charge < -0.3 is 10.6 Å². The van der Waals surface area contributed by atoms with Crippen molar-refractivity contribution in [2.45, 2.75) is 13.3 Å². The first-order valence-electron chi connectivity index (χ1n) is 5.88. The lowest BCUT2D eigenvalue weighted by atomic mass is 10.1. The van der Waals surface area contributed by atoms with Gasteiger partial charge in [-0.1, -0.05) is 31.2 Å². The number of nitrogen functional groups attached to an aromatic ring is 1. The lowest BCUT2D eigenvalue weighted by Gasteiger charge is -2.11. The zero-order valence-corrected chi connectivity index (χ0v) is 10.9. The predicted octanol–water partition coefficient (Wildman–Crippen LogP) is 1.75. The Morgan fingerprint density at radius 3 is 2.28 bits per heavy atom. The van der Waals surface area contributed by atoms with Crippen LogP contribution in [0.25, 0.3) is 11.4 Å². The molecule has 1 heterocycles. The van der Waals surface area contributed by atoms with Gasteiger partial charge >= 0.3 is 0 Å². The Morgan fingerprint density at radius 1 is 1.06 bits per heavy atom. The molecule has 0 saturated heterocycles. The number of nitrogens with zero attached hydrogens (tertiary/aromatic N) is 4. The van der Waals surface area contributed by atoms with E-state index in [0.29, 0.717) is 11.8 Å². The molecular formula is C13H17N5. The second-order valence-corrected chi connectivity index (χ2v) is 4.26. The molecule has 0 unspecified atom stereocenters. The number of hydrogen-bond acceptors (Lipinski definition) is 5. The van der Waals surface area contributed by atoms with Crippen LogP contribution in [0.3, 0.4) is 0 Å². The minimum absolute atomic E-state index is 0.239. The van der Waals surface area contributed by atoms with Gasteiger partial charge in [0.25, 0.3) is 0 Å². The molecule has 0 atom stereocenters. The zero-order chi connectivity index (χ0) is 13.1. The maximum Gasteiger partial charge on any atom is 0.230 e. The van der Waals surface area contributed by atoms with Crippen molar-refractivity contribution in [3.05, 3.63) is 29.8 Å². The summed E-state index contributed by atoms with van der Waals surface area (Å²) in [5, 5.41) is 0. The molecule has 0 fully saturated rings. The quantitative estimate of drug-likeness (QED) is 0.889. The van der Waals surface area contributed by atoms with Crippen molar-refractivity contribution in [2.75, 3.05) is 24.7 Å². The normalized spacial score (nSPS) is 10.4. The highest BCUT2D eigenvalue weighted by Crippen LogP contribution is 2.18. The minimum Gasteiger partial charge on any atom is -0.368 e. The maximum absolute atomic E-state index is 5.70. The average molecular weight is 243 g/mol. The zero-order valence-electron chi connectivity index (χ0n) is 10.9. The summed E-state index contributed by atoms with van der Waals surface area (Å²) in [6.07, 6.45) is 1.02. The van der Waals surface area contributed by atoms with Crippen LogP contribution in [0.4, 0.5) is 11.9 Å². The summed E-state index contributed by atoms with van der Waals surface area (Å²) < 4.78 is 0. The van der Waals surface area contributed by atoms with Gasteiger partial charge in [0.15, 0.2) is 5.82 Å². The van der Waals surface area contributed by atoms with E-state index in [-0.39, 0.29) is 5.95 Å². The van der Waals surface area contributed by atoms with Crippen LogP contribution in [0.1, 0.15) is 12.5 Å². The van der Waals surface area contributed by atoms with Crippen LogP contribution >= 0.6 is 0 Å². The number of nitrogens with two attached hydrogens (primary N) is 1. The summed E-state index contributed by atoms with van der Waals surface area (Å²) in [5.41, 5.74) is 7.94. The summed E-state index contributed by atoms with van der Waals surface area (Å²) in [6, 6.07) is 8.16. The average Bonchev–Trinajstić information content (AvgIpc) is 2.38. The molecule has 0 aliphatic heterocycles. The molecule has 0 bridgehead atoms. The summed E-state index contributed by atoms with van der Waals surface area (Å²) in [6.45, 7) is 2.13. The van der Waals surface area contributed by atoms with Crippen molar-refractivity contribution in [3.63, 3.8) is 0 Å². The molecule has 2 aromatic rings. The van der Waals surface area contributed by atoms with Crippen molar-refractivity contribution < 1.29 is 0 Å². The van der Waals surface area contributed by atoms with Crippen LogP contribution in [-0.2, 0) is 6.42 Å². The van der Waals surface area contributed by atoms with E-state index in [2.05, 4.69) is 34.0 Å². The molecule has 1 aromatic carbocycles. The fraction of sp³-hybridized carbons (Fsp3) is 0.308. The van der Waals surface area contributed by atoms with Gasteiger partial charge in [-0.25, -0.2) is 0 Å². The fourth-order valence-electron chi connectivity index (χ4n) is 1.60. The molecule has 2 N–H and O–H groups in total. The smallest absolute Gasteiger partial charge is 0.230 e. The number of benzene rings is 1. The largest absolute Gasteiger partial charge is 0.368 e. The van der Waals surface area contributed by atoms with Gasteiger partial charge in [0.05, 0.1) is 0 Å². The minimum atomic E-state index is 0.239. The van der Waals surface area contributed by atoms with Crippen LogP contribution in [0.2, 0.25) is 0 Å². The lowest BCUT2D eigenvalue weighted by molar-refractivity contribution is 0.970. The van der Waals surface area contributed by atoms with E-state index < -0.39 is 0 Å². The molecule has 0 amide bonds. The number of hydrogen-bond donors (Lipinski definition) is 1. The number of anilines is 2. The summed E-state index contributed by atoms with van der Waals surface area (Å²) in [5.74, 6) is 1.41. The van der Waals surface area contributed by atoms with Crippen LogP contribution in [0.5, 0.6) is 0 Å². The highest BCUT2D eigenvalue weighted by Gasteiger charge is 2.07. The van der Waals surface area contributed by atoms with Gasteiger partial charge in [-0.15, -0.1) is 0 Å². The summed E-state index contributed by atoms with van der Waals surface area (Å²) in [4.78, 5) is 14.4. The Hall–Kier alpha value is -2.17. The highest BCUT2D eigenvalue weighted by molar-refractivity contribution is 5.58. The van der Waals surface area contributed by atoms with Crippen molar-refractivity contribution in [1.29, 1.82) is 0 Å². The third-order valence-corrected chi connectivity index (χ3v) is 2.66. The lowest BCUT2D eigenvalue weighted by Crippen LogP contribution is -2.15. The molecule has 0 aliphatic carbocycles. The molecule has 2 rings (SSSR count).